The Kier molecular flexibility index (Phi) is 5.61. The molecule has 0 atom stereocenters. The fourth-order valence-electron chi connectivity index (χ4n) is 3.31. The maximum Gasteiger partial charge on any atom is 0.344 e. The molecule has 0 unspecified atom stereocenters. The Morgan fingerprint density at radius 1 is 0.900 bits per heavy atom. The van der Waals surface area contributed by atoms with Gasteiger partial charge in [0.05, 0.1) is 12.3 Å². The van der Waals surface area contributed by atoms with Crippen LogP contribution in [0.5, 0.6) is 5.75 Å². The molecular weight excluding hydrogens is 378 g/mol. The van der Waals surface area contributed by atoms with Crippen LogP contribution in [0.1, 0.15) is 22.8 Å². The van der Waals surface area contributed by atoms with E-state index in [0.29, 0.717) is 34.5 Å². The summed E-state index contributed by atoms with van der Waals surface area (Å²) in [7, 11) is 0. The van der Waals surface area contributed by atoms with E-state index < -0.39 is 5.97 Å². The zero-order chi connectivity index (χ0) is 20.9. The molecule has 1 aromatic heterocycles. The van der Waals surface area contributed by atoms with E-state index >= 15 is 0 Å². The average Bonchev–Trinajstić information content (AvgIpc) is 2.79. The number of aromatic nitrogens is 1. The van der Waals surface area contributed by atoms with Crippen molar-refractivity contribution in [2.24, 2.45) is 0 Å². The summed E-state index contributed by atoms with van der Waals surface area (Å²) in [6.45, 7) is 2.36. The molecule has 0 fully saturated rings. The minimum absolute atomic E-state index is 0.00787. The van der Waals surface area contributed by atoms with Crippen molar-refractivity contribution in [3.63, 3.8) is 0 Å². The van der Waals surface area contributed by atoms with Gasteiger partial charge in [-0.05, 0) is 54.4 Å². The largest absolute Gasteiger partial charge is 0.489 e. The Morgan fingerprint density at radius 2 is 1.60 bits per heavy atom. The number of aromatic amines is 1. The van der Waals surface area contributed by atoms with Crippen LogP contribution in [0.3, 0.4) is 0 Å². The molecule has 0 aliphatic rings. The monoisotopic (exact) mass is 399 g/mol. The number of pyridine rings is 1. The van der Waals surface area contributed by atoms with Crippen LogP contribution in [-0.2, 0) is 11.3 Å². The van der Waals surface area contributed by atoms with Gasteiger partial charge in [0.25, 0.3) is 0 Å². The summed E-state index contributed by atoms with van der Waals surface area (Å²) in [6.07, 6.45) is 0. The molecule has 0 aliphatic carbocycles. The van der Waals surface area contributed by atoms with Crippen LogP contribution in [0.2, 0.25) is 0 Å². The van der Waals surface area contributed by atoms with Crippen molar-refractivity contribution in [1.29, 1.82) is 0 Å². The molecule has 0 amide bonds. The maximum absolute atomic E-state index is 13.0. The summed E-state index contributed by atoms with van der Waals surface area (Å²) in [4.78, 5) is 28.8. The highest BCUT2D eigenvalue weighted by molar-refractivity contribution is 6.00. The van der Waals surface area contributed by atoms with Gasteiger partial charge in [0.15, 0.2) is 0 Å². The van der Waals surface area contributed by atoms with Crippen LogP contribution in [0, 0.1) is 0 Å². The number of fused-ring (bicyclic) bond motifs is 1. The van der Waals surface area contributed by atoms with Gasteiger partial charge in [-0.1, -0.05) is 42.5 Å². The topological polar surface area (TPSA) is 68.4 Å². The van der Waals surface area contributed by atoms with Crippen molar-refractivity contribution < 1.29 is 14.3 Å². The van der Waals surface area contributed by atoms with Crippen molar-refractivity contribution in [3.8, 4) is 17.0 Å². The summed E-state index contributed by atoms with van der Waals surface area (Å²) in [5, 5.41) is 0.451. The lowest BCUT2D eigenvalue weighted by Crippen LogP contribution is -2.20. The zero-order valence-electron chi connectivity index (χ0n) is 16.6. The lowest BCUT2D eigenvalue weighted by Gasteiger charge is -2.12. The van der Waals surface area contributed by atoms with Gasteiger partial charge in [-0.2, -0.15) is 0 Å². The summed E-state index contributed by atoms with van der Waals surface area (Å²) < 4.78 is 11.0. The lowest BCUT2D eigenvalue weighted by atomic mass is 10.0. The molecular formula is C25H21NO4. The van der Waals surface area contributed by atoms with Crippen molar-refractivity contribution >= 4 is 16.9 Å². The lowest BCUT2D eigenvalue weighted by molar-refractivity contribution is 0.0525. The van der Waals surface area contributed by atoms with Crippen LogP contribution < -0.4 is 10.2 Å². The second-order valence-corrected chi connectivity index (χ2v) is 6.77. The van der Waals surface area contributed by atoms with Crippen LogP contribution >= 0.6 is 0 Å². The molecule has 150 valence electrons. The minimum Gasteiger partial charge on any atom is -0.489 e. The quantitative estimate of drug-likeness (QED) is 0.466. The van der Waals surface area contributed by atoms with Gasteiger partial charge in [0, 0.05) is 10.9 Å². The van der Waals surface area contributed by atoms with Crippen molar-refractivity contribution in [2.75, 3.05) is 6.61 Å². The second-order valence-electron chi connectivity index (χ2n) is 6.77. The van der Waals surface area contributed by atoms with E-state index in [4.69, 9.17) is 9.47 Å². The molecule has 0 radical (unpaired) electrons. The van der Waals surface area contributed by atoms with E-state index in [1.807, 2.05) is 66.7 Å². The molecule has 0 saturated heterocycles. The molecule has 5 nitrogen and oxygen atoms in total. The van der Waals surface area contributed by atoms with E-state index in [0.717, 1.165) is 5.56 Å². The first-order chi connectivity index (χ1) is 14.7. The first-order valence-corrected chi connectivity index (χ1v) is 9.76. The van der Waals surface area contributed by atoms with E-state index in [1.54, 1.807) is 19.1 Å². The third-order valence-electron chi connectivity index (χ3n) is 4.78. The zero-order valence-corrected chi connectivity index (χ0v) is 16.6. The number of hydrogen-bond donors (Lipinski definition) is 1. The molecule has 0 bridgehead atoms. The third-order valence-corrected chi connectivity index (χ3v) is 4.78. The first kappa shape index (κ1) is 19.5. The van der Waals surface area contributed by atoms with E-state index in [-0.39, 0.29) is 17.6 Å². The van der Waals surface area contributed by atoms with Crippen LogP contribution in [0.25, 0.3) is 22.2 Å². The van der Waals surface area contributed by atoms with Crippen LogP contribution in [0.15, 0.2) is 83.7 Å². The molecule has 1 N–H and O–H groups in total. The molecule has 30 heavy (non-hydrogen) atoms. The number of carbonyl (C=O) groups is 1. The smallest absolute Gasteiger partial charge is 0.344 e. The number of rotatable bonds is 6. The fourth-order valence-corrected chi connectivity index (χ4v) is 3.31. The number of benzene rings is 3. The number of hydrogen-bond acceptors (Lipinski definition) is 4. The number of nitrogens with one attached hydrogen (secondary N) is 1. The molecule has 5 heteroatoms. The van der Waals surface area contributed by atoms with Crippen molar-refractivity contribution in [3.05, 3.63) is 100 Å². The number of carbonyl (C=O) groups excluding carboxylic acids is 1. The summed E-state index contributed by atoms with van der Waals surface area (Å²) in [5.74, 6) is 0.0623. The van der Waals surface area contributed by atoms with Gasteiger partial charge in [-0.3, -0.25) is 4.79 Å². The second kappa shape index (κ2) is 8.66. The Balaban J connectivity index is 1.70. The molecule has 4 rings (SSSR count). The van der Waals surface area contributed by atoms with Gasteiger partial charge in [-0.15, -0.1) is 0 Å². The van der Waals surface area contributed by atoms with E-state index in [1.165, 1.54) is 0 Å². The highest BCUT2D eigenvalue weighted by Gasteiger charge is 2.21. The Bertz CT molecular complexity index is 1230. The normalized spacial score (nSPS) is 10.7. The molecule has 1 heterocycles. The van der Waals surface area contributed by atoms with Crippen LogP contribution in [0.4, 0.5) is 0 Å². The minimum atomic E-state index is -0.635. The van der Waals surface area contributed by atoms with Gasteiger partial charge in [-0.25, -0.2) is 4.79 Å². The summed E-state index contributed by atoms with van der Waals surface area (Å²) >= 11 is 0. The van der Waals surface area contributed by atoms with Gasteiger partial charge in [0.1, 0.15) is 17.9 Å². The van der Waals surface area contributed by atoms with E-state index in [2.05, 4.69) is 4.98 Å². The number of H-pyrrole nitrogens is 1. The highest BCUT2D eigenvalue weighted by atomic mass is 16.5. The number of para-hydroxylation sites is 1. The van der Waals surface area contributed by atoms with E-state index in [9.17, 15) is 9.59 Å². The molecule has 4 aromatic rings. The highest BCUT2D eigenvalue weighted by Crippen LogP contribution is 2.26. The Hall–Kier alpha value is -3.86. The summed E-state index contributed by atoms with van der Waals surface area (Å²) in [6, 6.07) is 24.3. The molecule has 0 saturated carbocycles. The third kappa shape index (κ3) is 3.96. The van der Waals surface area contributed by atoms with Crippen LogP contribution in [-0.4, -0.2) is 17.6 Å². The number of ether oxygens (including phenoxy) is 2. The SMILES string of the molecule is CCOC(=O)c1c(-c2ccc(OCc3ccccc3)cc2)[nH]c2ccccc2c1=O. The fraction of sp³-hybridized carbons (Fsp3) is 0.120. The molecule has 3 aromatic carbocycles. The predicted molar refractivity (Wildman–Crippen MR) is 117 cm³/mol. The molecule has 0 aliphatic heterocycles. The standard InChI is InChI=1S/C25H21NO4/c1-2-29-25(28)22-23(26-21-11-7-6-10-20(21)24(22)27)18-12-14-19(15-13-18)30-16-17-8-4-3-5-9-17/h3-15H,2,16H2,1H3,(H,26,27). The Morgan fingerprint density at radius 3 is 2.33 bits per heavy atom. The molecule has 0 spiro atoms. The van der Waals surface area contributed by atoms with Gasteiger partial charge < -0.3 is 14.5 Å². The van der Waals surface area contributed by atoms with Crippen molar-refractivity contribution in [2.45, 2.75) is 13.5 Å². The first-order valence-electron chi connectivity index (χ1n) is 9.76. The maximum atomic E-state index is 13.0. The Labute approximate surface area is 173 Å². The predicted octanol–water partition coefficient (Wildman–Crippen LogP) is 4.95. The average molecular weight is 399 g/mol. The van der Waals surface area contributed by atoms with Gasteiger partial charge >= 0.3 is 5.97 Å². The summed E-state index contributed by atoms with van der Waals surface area (Å²) in [5.41, 5.74) is 2.54. The van der Waals surface area contributed by atoms with Gasteiger partial charge in [0.2, 0.25) is 5.43 Å². The van der Waals surface area contributed by atoms with Crippen molar-refractivity contribution in [1.82, 2.24) is 4.98 Å². The number of esters is 1.